The average molecular weight is 340 g/mol. The molecule has 2 N–H and O–H groups in total. The number of hydrogen-bond acceptors (Lipinski definition) is 4. The molecule has 0 fully saturated rings. The van der Waals surface area contributed by atoms with E-state index in [2.05, 4.69) is 10.6 Å². The van der Waals surface area contributed by atoms with Crippen LogP contribution < -0.4 is 20.1 Å². The molecule has 0 bridgehead atoms. The molecule has 1 heterocycles. The summed E-state index contributed by atoms with van der Waals surface area (Å²) in [6, 6.07) is 12.8. The van der Waals surface area contributed by atoms with Gasteiger partial charge in [0.2, 0.25) is 5.91 Å². The number of hydrogen-bond donors (Lipinski definition) is 2. The number of fused-ring (bicyclic) bond motifs is 1. The summed E-state index contributed by atoms with van der Waals surface area (Å²) >= 11 is 0. The van der Waals surface area contributed by atoms with E-state index in [4.69, 9.17) is 9.47 Å². The first-order chi connectivity index (χ1) is 12.0. The summed E-state index contributed by atoms with van der Waals surface area (Å²) in [6.45, 7) is 1.69. The molecule has 2 aromatic rings. The highest BCUT2D eigenvalue weighted by molar-refractivity contribution is 5.99. The second-order valence-corrected chi connectivity index (χ2v) is 5.86. The third kappa shape index (κ3) is 4.09. The van der Waals surface area contributed by atoms with Crippen LogP contribution >= 0.6 is 0 Å². The summed E-state index contributed by atoms with van der Waals surface area (Å²) in [7, 11) is 1.62. The van der Waals surface area contributed by atoms with Gasteiger partial charge in [-0.2, -0.15) is 0 Å². The van der Waals surface area contributed by atoms with Crippen LogP contribution in [-0.2, 0) is 16.0 Å². The van der Waals surface area contributed by atoms with E-state index in [1.54, 1.807) is 32.2 Å². The van der Waals surface area contributed by atoms with Crippen molar-refractivity contribution < 1.29 is 19.1 Å². The molecular formula is C19H20N2O4. The fourth-order valence-electron chi connectivity index (χ4n) is 2.56. The number of methoxy groups -OCH3 is 1. The van der Waals surface area contributed by atoms with Crippen molar-refractivity contribution in [2.45, 2.75) is 25.9 Å². The van der Waals surface area contributed by atoms with Crippen LogP contribution in [0.5, 0.6) is 11.5 Å². The monoisotopic (exact) mass is 340 g/mol. The van der Waals surface area contributed by atoms with Crippen LogP contribution in [0.2, 0.25) is 0 Å². The molecule has 6 nitrogen and oxygen atoms in total. The molecule has 25 heavy (non-hydrogen) atoms. The van der Waals surface area contributed by atoms with Crippen molar-refractivity contribution in [3.63, 3.8) is 0 Å². The third-order valence-electron chi connectivity index (χ3n) is 3.99. The van der Waals surface area contributed by atoms with Gasteiger partial charge in [0.25, 0.3) is 5.91 Å². The molecule has 0 aliphatic carbocycles. The second kappa shape index (κ2) is 7.25. The van der Waals surface area contributed by atoms with E-state index in [9.17, 15) is 9.59 Å². The first-order valence-corrected chi connectivity index (χ1v) is 8.09. The van der Waals surface area contributed by atoms with Gasteiger partial charge in [0.05, 0.1) is 12.8 Å². The van der Waals surface area contributed by atoms with E-state index in [-0.39, 0.29) is 11.8 Å². The second-order valence-electron chi connectivity index (χ2n) is 5.86. The number of rotatable bonds is 5. The number of ether oxygens (including phenoxy) is 2. The summed E-state index contributed by atoms with van der Waals surface area (Å²) in [5.74, 6) is 1.10. The van der Waals surface area contributed by atoms with E-state index in [0.29, 0.717) is 30.0 Å². The molecule has 0 aromatic heterocycles. The number of aryl methyl sites for hydroxylation is 1. The maximum Gasteiger partial charge on any atom is 0.265 e. The van der Waals surface area contributed by atoms with Crippen molar-refractivity contribution >= 4 is 23.2 Å². The van der Waals surface area contributed by atoms with Crippen molar-refractivity contribution in [2.75, 3.05) is 17.7 Å². The number of benzene rings is 2. The van der Waals surface area contributed by atoms with Gasteiger partial charge in [0.1, 0.15) is 11.5 Å². The minimum absolute atomic E-state index is 0.0906. The Bertz CT molecular complexity index is 787. The third-order valence-corrected chi connectivity index (χ3v) is 3.99. The summed E-state index contributed by atoms with van der Waals surface area (Å²) in [5.41, 5.74) is 2.25. The molecule has 1 atom stereocenters. The first-order valence-electron chi connectivity index (χ1n) is 8.09. The van der Waals surface area contributed by atoms with Crippen molar-refractivity contribution in [1.29, 1.82) is 0 Å². The van der Waals surface area contributed by atoms with Gasteiger partial charge in [-0.3, -0.25) is 9.59 Å². The van der Waals surface area contributed by atoms with Crippen molar-refractivity contribution in [2.24, 2.45) is 0 Å². The number of nitrogens with one attached hydrogen (secondary N) is 2. The zero-order valence-corrected chi connectivity index (χ0v) is 14.2. The Morgan fingerprint density at radius 1 is 1.24 bits per heavy atom. The highest BCUT2D eigenvalue weighted by Gasteiger charge is 2.23. The number of carbonyl (C=O) groups excluding carboxylic acids is 2. The van der Waals surface area contributed by atoms with Gasteiger partial charge < -0.3 is 20.1 Å². The summed E-state index contributed by atoms with van der Waals surface area (Å²) < 4.78 is 10.6. The van der Waals surface area contributed by atoms with E-state index >= 15 is 0 Å². The molecule has 6 heteroatoms. The standard InChI is InChI=1S/C19H20N2O4/c1-12-19(23)21-16-11-14(6-9-17(16)25-12)20-18(22)10-5-13-3-7-15(24-2)8-4-13/h3-4,6-9,11-12H,5,10H2,1-2H3,(H,20,22)(H,21,23)/t12-/m1/s1. The van der Waals surface area contributed by atoms with E-state index in [0.717, 1.165) is 11.3 Å². The normalized spacial score (nSPS) is 15.6. The molecule has 0 spiro atoms. The van der Waals surface area contributed by atoms with E-state index in [1.807, 2.05) is 24.3 Å². The smallest absolute Gasteiger partial charge is 0.265 e. The Hall–Kier alpha value is -3.02. The lowest BCUT2D eigenvalue weighted by Crippen LogP contribution is -2.34. The van der Waals surface area contributed by atoms with Crippen LogP contribution in [-0.4, -0.2) is 25.0 Å². The van der Waals surface area contributed by atoms with Crippen LogP contribution in [0.1, 0.15) is 18.9 Å². The molecule has 1 aliphatic rings. The lowest BCUT2D eigenvalue weighted by molar-refractivity contribution is -0.122. The fraction of sp³-hybridized carbons (Fsp3) is 0.263. The van der Waals surface area contributed by atoms with Crippen LogP contribution in [0.25, 0.3) is 0 Å². The Morgan fingerprint density at radius 3 is 2.72 bits per heavy atom. The molecule has 0 radical (unpaired) electrons. The molecule has 0 saturated heterocycles. The first kappa shape index (κ1) is 16.8. The van der Waals surface area contributed by atoms with Crippen LogP contribution in [0.4, 0.5) is 11.4 Å². The zero-order chi connectivity index (χ0) is 17.8. The highest BCUT2D eigenvalue weighted by atomic mass is 16.5. The summed E-state index contributed by atoms with van der Waals surface area (Å²) in [4.78, 5) is 23.8. The fourth-order valence-corrected chi connectivity index (χ4v) is 2.56. The zero-order valence-electron chi connectivity index (χ0n) is 14.2. The average Bonchev–Trinajstić information content (AvgIpc) is 2.61. The predicted octanol–water partition coefficient (Wildman–Crippen LogP) is 2.99. The van der Waals surface area contributed by atoms with Gasteiger partial charge in [-0.05, 0) is 49.2 Å². The Labute approximate surface area is 146 Å². The van der Waals surface area contributed by atoms with Gasteiger partial charge >= 0.3 is 0 Å². The molecule has 130 valence electrons. The number of amides is 2. The lowest BCUT2D eigenvalue weighted by Gasteiger charge is -2.23. The Balaban J connectivity index is 1.57. The van der Waals surface area contributed by atoms with Gasteiger partial charge in [-0.15, -0.1) is 0 Å². The van der Waals surface area contributed by atoms with E-state index < -0.39 is 6.10 Å². The molecule has 0 saturated carbocycles. The number of carbonyl (C=O) groups is 2. The molecule has 2 aromatic carbocycles. The molecule has 0 unspecified atom stereocenters. The maximum absolute atomic E-state index is 12.1. The topological polar surface area (TPSA) is 76.7 Å². The van der Waals surface area contributed by atoms with Crippen LogP contribution in [0, 0.1) is 0 Å². The molecule has 1 aliphatic heterocycles. The molecule has 2 amide bonds. The minimum Gasteiger partial charge on any atom is -0.497 e. The quantitative estimate of drug-likeness (QED) is 0.877. The molecular weight excluding hydrogens is 320 g/mol. The predicted molar refractivity (Wildman–Crippen MR) is 95.1 cm³/mol. The van der Waals surface area contributed by atoms with Crippen molar-refractivity contribution in [1.82, 2.24) is 0 Å². The van der Waals surface area contributed by atoms with Gasteiger partial charge in [0, 0.05) is 12.1 Å². The largest absolute Gasteiger partial charge is 0.497 e. The van der Waals surface area contributed by atoms with E-state index in [1.165, 1.54) is 0 Å². The minimum atomic E-state index is -0.516. The maximum atomic E-state index is 12.1. The van der Waals surface area contributed by atoms with Crippen LogP contribution in [0.15, 0.2) is 42.5 Å². The Kier molecular flexibility index (Phi) is 4.88. The van der Waals surface area contributed by atoms with Crippen molar-refractivity contribution in [3.8, 4) is 11.5 Å². The van der Waals surface area contributed by atoms with Gasteiger partial charge in [-0.1, -0.05) is 12.1 Å². The highest BCUT2D eigenvalue weighted by Crippen LogP contribution is 2.32. The summed E-state index contributed by atoms with van der Waals surface area (Å²) in [5, 5.41) is 5.61. The Morgan fingerprint density at radius 2 is 2.00 bits per heavy atom. The van der Waals surface area contributed by atoms with Gasteiger partial charge in [-0.25, -0.2) is 0 Å². The van der Waals surface area contributed by atoms with Gasteiger partial charge in [0.15, 0.2) is 6.10 Å². The van der Waals surface area contributed by atoms with Crippen molar-refractivity contribution in [3.05, 3.63) is 48.0 Å². The number of anilines is 2. The lowest BCUT2D eigenvalue weighted by atomic mass is 10.1. The summed E-state index contributed by atoms with van der Waals surface area (Å²) in [6.07, 6.45) is 0.485. The van der Waals surface area contributed by atoms with Crippen LogP contribution in [0.3, 0.4) is 0 Å². The SMILES string of the molecule is COc1ccc(CCC(=O)Nc2ccc3c(c2)NC(=O)[C@@H](C)O3)cc1. The molecule has 3 rings (SSSR count).